The van der Waals surface area contributed by atoms with E-state index >= 15 is 0 Å². The van der Waals surface area contributed by atoms with Crippen LogP contribution in [0.4, 0.5) is 0 Å². The number of rotatable bonds is 1. The predicted octanol–water partition coefficient (Wildman–Crippen LogP) is 10.2. The molecule has 0 radical (unpaired) electrons. The van der Waals surface area contributed by atoms with Crippen LogP contribution in [0.1, 0.15) is 91.7 Å². The van der Waals surface area contributed by atoms with Gasteiger partial charge in [-0.2, -0.15) is 0 Å². The quantitative estimate of drug-likeness (QED) is 0.217. The van der Waals surface area contributed by atoms with Crippen molar-refractivity contribution in [2.45, 2.75) is 80.6 Å². The zero-order chi connectivity index (χ0) is 20.6. The van der Waals surface area contributed by atoms with Crippen molar-refractivity contribution in [1.82, 2.24) is 0 Å². The van der Waals surface area contributed by atoms with Gasteiger partial charge < -0.3 is 29.7 Å². The normalized spacial score (nSPS) is 33.2. The van der Waals surface area contributed by atoms with Crippen LogP contribution in [0.15, 0.2) is 30.3 Å². The molecule has 3 unspecified atom stereocenters. The largest absolute Gasteiger partial charge is 4.00 e. The molecule has 0 aliphatic heterocycles. The topological polar surface area (TPSA) is 0 Å². The van der Waals surface area contributed by atoms with Gasteiger partial charge in [-0.05, 0) is 83.1 Å². The Morgan fingerprint density at radius 2 is 1.18 bits per heavy atom. The van der Waals surface area contributed by atoms with Gasteiger partial charge in [0.25, 0.3) is 0 Å². The molecule has 188 valence electrons. The molecule has 0 heterocycles. The van der Waals surface area contributed by atoms with Crippen molar-refractivity contribution in [3.05, 3.63) is 71.2 Å². The van der Waals surface area contributed by atoms with Gasteiger partial charge in [-0.15, -0.1) is 0 Å². The first-order valence-corrected chi connectivity index (χ1v) is 11.9. The molecule has 2 fully saturated rings. The zero-order valence-electron chi connectivity index (χ0n) is 24.2. The van der Waals surface area contributed by atoms with Crippen LogP contribution in [-0.4, -0.2) is 0 Å². The van der Waals surface area contributed by atoms with Crippen LogP contribution < -0.4 is 0 Å². The fraction of sp³-hybridized carbons (Fsp3) is 0.625. The van der Waals surface area contributed by atoms with Crippen LogP contribution in [-0.2, 0) is 25.8 Å². The van der Waals surface area contributed by atoms with Crippen LogP contribution in [0.2, 0.25) is 0 Å². The monoisotopic (exact) mass is 620 g/mol. The van der Waals surface area contributed by atoms with Crippen molar-refractivity contribution in [3.63, 3.8) is 0 Å². The summed E-state index contributed by atoms with van der Waals surface area (Å²) in [5.74, 6) is 7.15. The summed E-state index contributed by atoms with van der Waals surface area (Å²) in [6.07, 6.45) is 9.01. The molecule has 33 heavy (non-hydrogen) atoms. The third-order valence-electron chi connectivity index (χ3n) is 8.77. The van der Waals surface area contributed by atoms with Gasteiger partial charge in [-0.3, -0.25) is 0 Å². The molecular weight excluding hydrogens is 563 g/mol. The van der Waals surface area contributed by atoms with Crippen LogP contribution in [0.25, 0.3) is 6.08 Å². The second kappa shape index (κ2) is 15.1. The molecule has 1 aromatic carbocycles. The minimum absolute atomic E-state index is 0. The minimum Gasteiger partial charge on any atom is -0.358 e. The molecule has 4 rings (SSSR count). The summed E-state index contributed by atoms with van der Waals surface area (Å²) in [7, 11) is 0. The van der Waals surface area contributed by atoms with Crippen LogP contribution >= 0.6 is 0 Å². The van der Waals surface area contributed by atoms with Gasteiger partial charge >= 0.3 is 25.8 Å². The summed E-state index contributed by atoms with van der Waals surface area (Å²) in [4.78, 5) is 0. The molecule has 3 aliphatic carbocycles. The maximum Gasteiger partial charge on any atom is 4.00 e. The van der Waals surface area contributed by atoms with Gasteiger partial charge in [0.2, 0.25) is 0 Å². The van der Waals surface area contributed by atoms with Crippen LogP contribution in [0, 0.1) is 76.5 Å². The first-order valence-electron chi connectivity index (χ1n) is 11.9. The van der Waals surface area contributed by atoms with Gasteiger partial charge in [0.15, 0.2) is 0 Å². The van der Waals surface area contributed by atoms with E-state index in [-0.39, 0.29) is 55.5 Å². The molecule has 0 N–H and O–H groups in total. The second-order valence-corrected chi connectivity index (χ2v) is 11.6. The average Bonchev–Trinajstić information content (AvgIpc) is 3.13. The summed E-state index contributed by atoms with van der Waals surface area (Å²) < 4.78 is 0. The van der Waals surface area contributed by atoms with Crippen molar-refractivity contribution in [1.29, 1.82) is 0 Å². The van der Waals surface area contributed by atoms with E-state index in [0.717, 1.165) is 47.3 Å². The zero-order valence-corrected chi connectivity index (χ0v) is 27.8. The van der Waals surface area contributed by atoms with Gasteiger partial charge in [0.1, 0.15) is 0 Å². The number of hydrogen-bond acceptors (Lipinski definition) is 0. The fourth-order valence-electron chi connectivity index (χ4n) is 6.40. The molecule has 0 spiro atoms. The third-order valence-corrected chi connectivity index (χ3v) is 8.77. The van der Waals surface area contributed by atoms with E-state index in [1.807, 2.05) is 0 Å². The van der Waals surface area contributed by atoms with Crippen LogP contribution in [0.5, 0.6) is 0 Å². The fourth-order valence-corrected chi connectivity index (χ4v) is 6.40. The summed E-state index contributed by atoms with van der Waals surface area (Å²) in [6, 6.07) is 8.96. The number of benzene rings is 1. The first-order chi connectivity index (χ1) is 13.1. The van der Waals surface area contributed by atoms with E-state index in [0.29, 0.717) is 5.41 Å². The third kappa shape index (κ3) is 8.47. The Balaban J connectivity index is -0.000000530. The number of fused-ring (bicyclic) bond motifs is 3. The van der Waals surface area contributed by atoms with Crippen molar-refractivity contribution < 1.29 is 25.8 Å². The molecule has 0 amide bonds. The first kappa shape index (κ1) is 37.4. The van der Waals surface area contributed by atoms with Crippen molar-refractivity contribution in [3.8, 4) is 0 Å². The molecule has 3 atom stereocenters. The Morgan fingerprint density at radius 3 is 1.64 bits per heavy atom. The Hall–Kier alpha value is -0.170. The molecule has 0 nitrogen and oxygen atoms in total. The summed E-state index contributed by atoms with van der Waals surface area (Å²) in [5.41, 5.74) is 3.52. The van der Waals surface area contributed by atoms with Crippen molar-refractivity contribution >= 4 is 6.08 Å². The smallest absolute Gasteiger partial charge is 0.358 e. The van der Waals surface area contributed by atoms with Crippen molar-refractivity contribution in [2.75, 3.05) is 0 Å². The Morgan fingerprint density at radius 1 is 0.727 bits per heavy atom. The van der Waals surface area contributed by atoms with E-state index in [1.165, 1.54) is 24.8 Å². The molecule has 0 bridgehead atoms. The maximum absolute atomic E-state index is 2.50. The van der Waals surface area contributed by atoms with E-state index in [4.69, 9.17) is 0 Å². The standard InChI is InChI=1S/C18H24.C10H20.4CH3.Hf/c1-18(2,3)12-14-9-11-17-15-7-5-4-6-13(15)8-10-16(14)17;1-6-7(2)9(4)10(5)8(6)3;;;;;/h4-8,10,14,16-17H,9,11-12H2,1-3H3;6-10H,1-5H3;4*1H3;/q;;4*-1;+4. The molecule has 2 saturated carbocycles. The Kier molecular flexibility index (Phi) is 17.1. The molecule has 1 heteroatoms. The SMILES string of the molecule is CC(C)(C)CC1CCC2c3ccccc3C=CC12.CC1C(C)C(C)C(C)C1C.[CH3-].[CH3-].[CH3-].[CH3-].[Hf+4]. The molecule has 3 aliphatic rings. The second-order valence-electron chi connectivity index (χ2n) is 11.6. The van der Waals surface area contributed by atoms with E-state index in [2.05, 4.69) is 91.8 Å². The summed E-state index contributed by atoms with van der Waals surface area (Å²) >= 11 is 0. The van der Waals surface area contributed by atoms with Gasteiger partial charge in [-0.25, -0.2) is 0 Å². The summed E-state index contributed by atoms with van der Waals surface area (Å²) in [5, 5.41) is 0. The Bertz CT molecular complexity index is 637. The van der Waals surface area contributed by atoms with E-state index in [9.17, 15) is 0 Å². The summed E-state index contributed by atoms with van der Waals surface area (Å²) in [6.45, 7) is 19.1. The van der Waals surface area contributed by atoms with E-state index < -0.39 is 0 Å². The molecule has 0 saturated heterocycles. The van der Waals surface area contributed by atoms with E-state index in [1.54, 1.807) is 5.56 Å². The maximum atomic E-state index is 2.50. The van der Waals surface area contributed by atoms with Gasteiger partial charge in [0, 0.05) is 0 Å². The molecule has 1 aromatic rings. The molecular formula is C32H56Hf. The number of allylic oxidation sites excluding steroid dienone is 1. The average molecular weight is 619 g/mol. The predicted molar refractivity (Wildman–Crippen MR) is 150 cm³/mol. The number of hydrogen-bond donors (Lipinski definition) is 0. The Labute approximate surface area is 229 Å². The van der Waals surface area contributed by atoms with Crippen LogP contribution in [0.3, 0.4) is 0 Å². The minimum atomic E-state index is 0. The van der Waals surface area contributed by atoms with Crippen molar-refractivity contribution in [2.24, 2.45) is 46.8 Å². The van der Waals surface area contributed by atoms with Gasteiger partial charge in [0.05, 0.1) is 0 Å². The van der Waals surface area contributed by atoms with Gasteiger partial charge in [-0.1, -0.05) is 91.8 Å². The molecule has 0 aromatic heterocycles.